The van der Waals surface area contributed by atoms with Gasteiger partial charge in [0.15, 0.2) is 17.5 Å². The van der Waals surface area contributed by atoms with Crippen molar-refractivity contribution in [1.29, 1.82) is 0 Å². The highest BCUT2D eigenvalue weighted by Crippen LogP contribution is 2.39. The summed E-state index contributed by atoms with van der Waals surface area (Å²) >= 11 is 15.0. The van der Waals surface area contributed by atoms with Crippen LogP contribution in [0.4, 0.5) is 9.52 Å². The van der Waals surface area contributed by atoms with Crippen LogP contribution in [-0.4, -0.2) is 55.9 Å². The Kier molecular flexibility index (Phi) is 7.45. The molecule has 0 spiro atoms. The maximum Gasteiger partial charge on any atom is 0.257 e. The molecule has 1 amide bonds. The molecule has 1 fully saturated rings. The van der Waals surface area contributed by atoms with Crippen LogP contribution in [0, 0.1) is 0 Å². The Labute approximate surface area is 254 Å². The monoisotopic (exact) mass is 626 g/mol. The van der Waals surface area contributed by atoms with Gasteiger partial charge in [-0.3, -0.25) is 14.8 Å². The number of aryl methyl sites for hydroxylation is 1. The van der Waals surface area contributed by atoms with Gasteiger partial charge in [-0.2, -0.15) is 5.10 Å². The van der Waals surface area contributed by atoms with Crippen LogP contribution >= 0.6 is 34.5 Å². The highest BCUT2D eigenvalue weighted by atomic mass is 35.5. The van der Waals surface area contributed by atoms with Gasteiger partial charge in [0, 0.05) is 47.3 Å². The number of carbonyl (C=O) groups is 1. The number of hydrogen-bond donors (Lipinski definition) is 1. The third kappa shape index (κ3) is 5.20. The first-order valence-corrected chi connectivity index (χ1v) is 15.2. The quantitative estimate of drug-likeness (QED) is 0.224. The number of thiazole rings is 1. The molecule has 3 aromatic heterocycles. The Balaban J connectivity index is 1.23. The van der Waals surface area contributed by atoms with Crippen molar-refractivity contribution in [3.05, 3.63) is 81.4 Å². The third-order valence-electron chi connectivity index (χ3n) is 7.55. The predicted molar refractivity (Wildman–Crippen MR) is 159 cm³/mol. The largest absolute Gasteiger partial charge is 0.350 e. The Hall–Kier alpha value is -3.35. The number of benzene rings is 2. The number of aromatic nitrogens is 5. The number of carbonyl (C=O) groups excluding carboxylic acids is 1. The maximum atomic E-state index is 14.3. The Morgan fingerprint density at radius 1 is 1.19 bits per heavy atom. The molecule has 2 aliphatic heterocycles. The van der Waals surface area contributed by atoms with Crippen LogP contribution in [0.25, 0.3) is 22.0 Å². The second-order valence-electron chi connectivity index (χ2n) is 10.3. The minimum absolute atomic E-state index is 0.149. The number of anilines is 1. The van der Waals surface area contributed by atoms with Crippen LogP contribution in [0.15, 0.2) is 54.4 Å². The number of nitrogens with one attached hydrogen (secondary N) is 1. The van der Waals surface area contributed by atoms with E-state index in [9.17, 15) is 9.18 Å². The third-order valence-corrected chi connectivity index (χ3v) is 8.94. The lowest BCUT2D eigenvalue weighted by Crippen LogP contribution is -2.28. The van der Waals surface area contributed by atoms with Gasteiger partial charge in [-0.05, 0) is 23.6 Å². The summed E-state index contributed by atoms with van der Waals surface area (Å²) in [7, 11) is 0. The summed E-state index contributed by atoms with van der Waals surface area (Å²) in [5.74, 6) is -0.405. The molecule has 1 unspecified atom stereocenters. The standard InChI is InChI=1S/C29H25Cl2FN6O3S/c30-21-12-19(17-4-1-16(2-5-17)3-6-23-40-8-9-41-23)24(31)25-20(21)14-38(36-25)27(28(39)35-29-33-7-10-42-29)26-22-11-18(32)13-37(22)15-34-26/h1-2,4-5,7,10,12,14-15,18,23,27H,3,6,8-9,11,13H2,(H,33,35,39)/t18-,27?/m1/s1. The van der Waals surface area contributed by atoms with Crippen molar-refractivity contribution in [2.75, 3.05) is 18.5 Å². The number of halogens is 3. The van der Waals surface area contributed by atoms with E-state index < -0.39 is 18.1 Å². The van der Waals surface area contributed by atoms with Gasteiger partial charge in [0.2, 0.25) is 0 Å². The fraction of sp³-hybridized carbons (Fsp3) is 0.310. The molecule has 0 saturated carbocycles. The molecule has 2 aromatic carbocycles. The highest BCUT2D eigenvalue weighted by Gasteiger charge is 2.34. The number of fused-ring (bicyclic) bond motifs is 2. The SMILES string of the molecule is O=C(Nc1nccs1)C(c1ncn2c1C[C@@H](F)C2)n1cc2c(Cl)cc(-c3ccc(CCC4OCCO4)cc3)c(Cl)c2n1. The zero-order valence-electron chi connectivity index (χ0n) is 22.2. The molecule has 13 heteroatoms. The number of nitrogens with zero attached hydrogens (tertiary/aromatic N) is 5. The first-order valence-electron chi connectivity index (χ1n) is 13.5. The van der Waals surface area contributed by atoms with E-state index in [4.69, 9.17) is 37.8 Å². The fourth-order valence-corrected chi connectivity index (χ4v) is 6.61. The molecule has 5 aromatic rings. The molecule has 0 aliphatic carbocycles. The summed E-state index contributed by atoms with van der Waals surface area (Å²) in [4.78, 5) is 22.3. The van der Waals surface area contributed by atoms with Crippen molar-refractivity contribution in [2.45, 2.75) is 44.3 Å². The van der Waals surface area contributed by atoms with Crippen LogP contribution < -0.4 is 5.32 Å². The van der Waals surface area contributed by atoms with Crippen LogP contribution in [0.5, 0.6) is 0 Å². The molecule has 7 rings (SSSR count). The lowest BCUT2D eigenvalue weighted by atomic mass is 10.0. The van der Waals surface area contributed by atoms with E-state index in [1.54, 1.807) is 34.7 Å². The number of rotatable bonds is 8. The van der Waals surface area contributed by atoms with E-state index in [1.807, 2.05) is 24.3 Å². The average molecular weight is 628 g/mol. The molecule has 0 bridgehead atoms. The summed E-state index contributed by atoms with van der Waals surface area (Å²) in [6, 6.07) is 8.91. The van der Waals surface area contributed by atoms with Gasteiger partial charge in [-0.25, -0.2) is 14.4 Å². The zero-order valence-corrected chi connectivity index (χ0v) is 24.5. The van der Waals surface area contributed by atoms with Gasteiger partial charge in [-0.15, -0.1) is 11.3 Å². The molecule has 5 heterocycles. The topological polar surface area (TPSA) is 96.1 Å². The van der Waals surface area contributed by atoms with E-state index in [0.717, 1.165) is 29.5 Å². The second kappa shape index (κ2) is 11.4. The average Bonchev–Trinajstić information content (AvgIpc) is 3.81. The molecule has 216 valence electrons. The molecular weight excluding hydrogens is 602 g/mol. The van der Waals surface area contributed by atoms with Crippen molar-refractivity contribution >= 4 is 56.5 Å². The number of amides is 1. The summed E-state index contributed by atoms with van der Waals surface area (Å²) in [6.45, 7) is 1.48. The second-order valence-corrected chi connectivity index (χ2v) is 11.9. The fourth-order valence-electron chi connectivity index (χ4n) is 5.52. The van der Waals surface area contributed by atoms with E-state index in [1.165, 1.54) is 16.0 Å². The van der Waals surface area contributed by atoms with Crippen molar-refractivity contribution < 1.29 is 18.7 Å². The normalized spacial score (nSPS) is 17.6. The van der Waals surface area contributed by atoms with Crippen LogP contribution in [-0.2, 0) is 33.7 Å². The lowest BCUT2D eigenvalue weighted by molar-refractivity contribution is -0.118. The van der Waals surface area contributed by atoms with Gasteiger partial charge in [0.05, 0.1) is 41.8 Å². The van der Waals surface area contributed by atoms with Crippen molar-refractivity contribution in [2.24, 2.45) is 0 Å². The summed E-state index contributed by atoms with van der Waals surface area (Å²) in [5, 5.41) is 11.2. The predicted octanol–water partition coefficient (Wildman–Crippen LogP) is 6.09. The Morgan fingerprint density at radius 3 is 2.76 bits per heavy atom. The minimum atomic E-state index is -1.04. The molecule has 0 radical (unpaired) electrons. The van der Waals surface area contributed by atoms with Crippen molar-refractivity contribution in [1.82, 2.24) is 24.3 Å². The van der Waals surface area contributed by atoms with Gasteiger partial charge in [-0.1, -0.05) is 47.5 Å². The summed E-state index contributed by atoms with van der Waals surface area (Å²) < 4.78 is 28.6. The molecule has 2 aliphatic rings. The molecule has 9 nitrogen and oxygen atoms in total. The first-order chi connectivity index (χ1) is 20.4. The molecule has 1 saturated heterocycles. The van der Waals surface area contributed by atoms with E-state index in [0.29, 0.717) is 50.7 Å². The van der Waals surface area contributed by atoms with E-state index >= 15 is 0 Å². The molecule has 2 atom stereocenters. The summed E-state index contributed by atoms with van der Waals surface area (Å²) in [5.41, 5.74) is 4.29. The van der Waals surface area contributed by atoms with Crippen LogP contribution in [0.2, 0.25) is 10.0 Å². The number of ether oxygens (including phenoxy) is 2. The van der Waals surface area contributed by atoms with Crippen LogP contribution in [0.3, 0.4) is 0 Å². The van der Waals surface area contributed by atoms with E-state index in [-0.39, 0.29) is 19.3 Å². The van der Waals surface area contributed by atoms with Crippen molar-refractivity contribution in [3.8, 4) is 11.1 Å². The first kappa shape index (κ1) is 27.5. The van der Waals surface area contributed by atoms with Crippen LogP contribution in [0.1, 0.15) is 29.4 Å². The Bertz CT molecular complexity index is 1750. The zero-order chi connectivity index (χ0) is 28.8. The number of imidazole rings is 1. The highest BCUT2D eigenvalue weighted by molar-refractivity contribution is 7.13. The molecular formula is C29H25Cl2FN6O3S. The Morgan fingerprint density at radius 2 is 2.00 bits per heavy atom. The van der Waals surface area contributed by atoms with Gasteiger partial charge < -0.3 is 14.0 Å². The van der Waals surface area contributed by atoms with Gasteiger partial charge in [0.25, 0.3) is 5.91 Å². The minimum Gasteiger partial charge on any atom is -0.350 e. The number of alkyl halides is 1. The maximum absolute atomic E-state index is 14.3. The van der Waals surface area contributed by atoms with Gasteiger partial charge >= 0.3 is 0 Å². The van der Waals surface area contributed by atoms with Gasteiger partial charge in [0.1, 0.15) is 11.7 Å². The number of hydrogen-bond acceptors (Lipinski definition) is 7. The molecule has 1 N–H and O–H groups in total. The van der Waals surface area contributed by atoms with Crippen molar-refractivity contribution in [3.63, 3.8) is 0 Å². The summed E-state index contributed by atoms with van der Waals surface area (Å²) in [6.07, 6.45) is 5.45. The van der Waals surface area contributed by atoms with E-state index in [2.05, 4.69) is 15.3 Å². The smallest absolute Gasteiger partial charge is 0.257 e. The molecule has 42 heavy (non-hydrogen) atoms. The lowest BCUT2D eigenvalue weighted by Gasteiger charge is -2.16.